The fraction of sp³-hybridized carbons (Fsp3) is 0.929. The van der Waals surface area contributed by atoms with E-state index in [-0.39, 0.29) is 0 Å². The van der Waals surface area contributed by atoms with Crippen molar-refractivity contribution in [2.75, 3.05) is 19.6 Å². The number of nitrogens with zero attached hydrogens (tertiary/aromatic N) is 2. The van der Waals surface area contributed by atoms with E-state index >= 15 is 0 Å². The zero-order chi connectivity index (χ0) is 11.9. The minimum atomic E-state index is 0.589. The molecule has 3 rings (SSSR count). The lowest BCUT2D eigenvalue weighted by atomic mass is 10.0. The second-order valence-corrected chi connectivity index (χ2v) is 6.50. The largest absolute Gasteiger partial charge is 0.370 e. The Morgan fingerprint density at radius 3 is 2.71 bits per heavy atom. The number of hydrogen-bond acceptors (Lipinski definition) is 1. The van der Waals surface area contributed by atoms with E-state index in [1.54, 1.807) is 0 Å². The number of nitrogens with two attached hydrogens (primary N) is 1. The van der Waals surface area contributed by atoms with Crippen LogP contribution in [0.15, 0.2) is 4.99 Å². The van der Waals surface area contributed by atoms with E-state index in [2.05, 4.69) is 11.8 Å². The lowest BCUT2D eigenvalue weighted by Gasteiger charge is -2.31. The summed E-state index contributed by atoms with van der Waals surface area (Å²) in [5, 5.41) is 0. The maximum Gasteiger partial charge on any atom is 0.191 e. The Morgan fingerprint density at radius 2 is 2.12 bits per heavy atom. The fourth-order valence-corrected chi connectivity index (χ4v) is 3.29. The molecule has 1 heterocycles. The first-order valence-corrected chi connectivity index (χ1v) is 7.24. The van der Waals surface area contributed by atoms with Crippen molar-refractivity contribution >= 4 is 5.96 Å². The summed E-state index contributed by atoms with van der Waals surface area (Å²) in [6, 6.07) is 0. The number of rotatable bonds is 3. The Labute approximate surface area is 104 Å². The smallest absolute Gasteiger partial charge is 0.191 e. The maximum absolute atomic E-state index is 6.14. The topological polar surface area (TPSA) is 41.6 Å². The standard InChI is InChI=1S/C14H25N3/c1-11-3-2-8-17(9-11)13(15)16-10-14(6-7-14)12-4-5-12/h11-12H,2-10H2,1H3,(H2,15,16). The molecule has 0 aromatic carbocycles. The van der Waals surface area contributed by atoms with Crippen LogP contribution >= 0.6 is 0 Å². The number of likely N-dealkylation sites (tertiary alicyclic amines) is 1. The van der Waals surface area contributed by atoms with Crippen LogP contribution in [-0.2, 0) is 0 Å². The first kappa shape index (κ1) is 11.4. The molecule has 1 saturated heterocycles. The first-order chi connectivity index (χ1) is 8.20. The lowest BCUT2D eigenvalue weighted by molar-refractivity contribution is 0.269. The van der Waals surface area contributed by atoms with Crippen LogP contribution in [0.4, 0.5) is 0 Å². The van der Waals surface area contributed by atoms with E-state index < -0.39 is 0 Å². The molecule has 0 aromatic heterocycles. The van der Waals surface area contributed by atoms with Gasteiger partial charge in [0.05, 0.1) is 0 Å². The number of hydrogen-bond donors (Lipinski definition) is 1. The molecule has 3 fully saturated rings. The number of aliphatic imine (C=N–C) groups is 1. The Morgan fingerprint density at radius 1 is 1.35 bits per heavy atom. The van der Waals surface area contributed by atoms with Gasteiger partial charge in [0.1, 0.15) is 0 Å². The van der Waals surface area contributed by atoms with Gasteiger partial charge >= 0.3 is 0 Å². The zero-order valence-corrected chi connectivity index (χ0v) is 11.0. The van der Waals surface area contributed by atoms with Gasteiger partial charge in [-0.05, 0) is 55.8 Å². The average molecular weight is 235 g/mol. The van der Waals surface area contributed by atoms with Gasteiger partial charge in [-0.1, -0.05) is 6.92 Å². The average Bonchev–Trinajstić information content (AvgIpc) is 3.15. The van der Waals surface area contributed by atoms with Gasteiger partial charge in [0.15, 0.2) is 5.96 Å². The minimum Gasteiger partial charge on any atom is -0.370 e. The molecule has 2 saturated carbocycles. The molecule has 1 aliphatic heterocycles. The normalized spacial score (nSPS) is 32.6. The summed E-state index contributed by atoms with van der Waals surface area (Å²) in [7, 11) is 0. The summed E-state index contributed by atoms with van der Waals surface area (Å²) < 4.78 is 0. The van der Waals surface area contributed by atoms with Crippen LogP contribution in [0.3, 0.4) is 0 Å². The van der Waals surface area contributed by atoms with Crippen LogP contribution in [0.5, 0.6) is 0 Å². The molecule has 0 spiro atoms. The maximum atomic E-state index is 6.14. The molecule has 0 aromatic rings. The predicted octanol–water partition coefficient (Wildman–Crippen LogP) is 2.22. The summed E-state index contributed by atoms with van der Waals surface area (Å²) in [4.78, 5) is 6.99. The molecule has 0 amide bonds. The van der Waals surface area contributed by atoms with Crippen LogP contribution in [0.1, 0.15) is 45.4 Å². The Bertz CT molecular complexity index is 315. The SMILES string of the molecule is CC1CCCN(C(N)=NCC2(C3CC3)CC2)C1. The summed E-state index contributed by atoms with van der Waals surface area (Å²) >= 11 is 0. The summed E-state index contributed by atoms with van der Waals surface area (Å²) in [5.41, 5.74) is 6.73. The van der Waals surface area contributed by atoms with E-state index in [1.807, 2.05) is 0 Å². The van der Waals surface area contributed by atoms with Crippen molar-refractivity contribution in [3.05, 3.63) is 0 Å². The zero-order valence-electron chi connectivity index (χ0n) is 11.0. The Balaban J connectivity index is 1.55. The highest BCUT2D eigenvalue weighted by atomic mass is 15.3. The summed E-state index contributed by atoms with van der Waals surface area (Å²) in [6.45, 7) is 5.52. The molecule has 3 nitrogen and oxygen atoms in total. The third kappa shape index (κ3) is 2.43. The van der Waals surface area contributed by atoms with E-state index in [0.717, 1.165) is 37.4 Å². The molecule has 1 atom stereocenters. The lowest BCUT2D eigenvalue weighted by Crippen LogP contribution is -2.43. The Hall–Kier alpha value is -0.730. The van der Waals surface area contributed by atoms with Gasteiger partial charge in [-0.15, -0.1) is 0 Å². The second kappa shape index (κ2) is 4.18. The molecule has 0 radical (unpaired) electrons. The number of piperidine rings is 1. The van der Waals surface area contributed by atoms with Crippen LogP contribution in [-0.4, -0.2) is 30.5 Å². The van der Waals surface area contributed by atoms with Gasteiger partial charge < -0.3 is 10.6 Å². The van der Waals surface area contributed by atoms with Crippen molar-refractivity contribution in [1.82, 2.24) is 4.90 Å². The minimum absolute atomic E-state index is 0.589. The van der Waals surface area contributed by atoms with E-state index in [0.29, 0.717) is 5.41 Å². The van der Waals surface area contributed by atoms with E-state index in [4.69, 9.17) is 10.7 Å². The van der Waals surface area contributed by atoms with Crippen molar-refractivity contribution in [3.8, 4) is 0 Å². The van der Waals surface area contributed by atoms with Crippen LogP contribution < -0.4 is 5.73 Å². The molecular formula is C14H25N3. The molecule has 1 unspecified atom stereocenters. The molecule has 2 aliphatic carbocycles. The van der Waals surface area contributed by atoms with Gasteiger partial charge in [-0.2, -0.15) is 0 Å². The van der Waals surface area contributed by atoms with Crippen LogP contribution in [0.2, 0.25) is 0 Å². The van der Waals surface area contributed by atoms with Gasteiger partial charge in [0.2, 0.25) is 0 Å². The predicted molar refractivity (Wildman–Crippen MR) is 70.9 cm³/mol. The van der Waals surface area contributed by atoms with Crippen LogP contribution in [0, 0.1) is 17.3 Å². The molecule has 2 N–H and O–H groups in total. The third-order valence-corrected chi connectivity index (χ3v) is 4.87. The van der Waals surface area contributed by atoms with Gasteiger partial charge in [-0.25, -0.2) is 0 Å². The highest BCUT2D eigenvalue weighted by Crippen LogP contribution is 2.61. The molecule has 3 aliphatic rings. The van der Waals surface area contributed by atoms with Crippen molar-refractivity contribution in [1.29, 1.82) is 0 Å². The Kier molecular flexibility index (Phi) is 2.80. The summed E-state index contributed by atoms with van der Waals surface area (Å²) in [6.07, 6.45) is 8.28. The van der Waals surface area contributed by atoms with Crippen molar-refractivity contribution in [2.24, 2.45) is 28.0 Å². The summed E-state index contributed by atoms with van der Waals surface area (Å²) in [5.74, 6) is 2.57. The first-order valence-electron chi connectivity index (χ1n) is 7.24. The van der Waals surface area contributed by atoms with E-state index in [9.17, 15) is 0 Å². The van der Waals surface area contributed by atoms with Crippen LogP contribution in [0.25, 0.3) is 0 Å². The van der Waals surface area contributed by atoms with Gasteiger partial charge in [-0.3, -0.25) is 4.99 Å². The molecule has 17 heavy (non-hydrogen) atoms. The van der Waals surface area contributed by atoms with Gasteiger partial charge in [0.25, 0.3) is 0 Å². The molecule has 0 bridgehead atoms. The van der Waals surface area contributed by atoms with Crippen molar-refractivity contribution in [3.63, 3.8) is 0 Å². The van der Waals surface area contributed by atoms with E-state index in [1.165, 1.54) is 38.5 Å². The monoisotopic (exact) mass is 235 g/mol. The highest BCUT2D eigenvalue weighted by molar-refractivity contribution is 5.78. The highest BCUT2D eigenvalue weighted by Gasteiger charge is 2.53. The molecular weight excluding hydrogens is 210 g/mol. The molecule has 3 heteroatoms. The van der Waals surface area contributed by atoms with Crippen molar-refractivity contribution < 1.29 is 0 Å². The third-order valence-electron chi connectivity index (χ3n) is 4.87. The quantitative estimate of drug-likeness (QED) is 0.602. The second-order valence-electron chi connectivity index (χ2n) is 6.50. The fourth-order valence-electron chi connectivity index (χ4n) is 3.29. The number of guanidine groups is 1. The molecule has 96 valence electrons. The van der Waals surface area contributed by atoms with Gasteiger partial charge in [0, 0.05) is 19.6 Å². The van der Waals surface area contributed by atoms with Crippen molar-refractivity contribution in [2.45, 2.75) is 45.4 Å².